The number of sulfonamides is 1. The molecule has 1 saturated heterocycles. The molecule has 1 fully saturated rings. The molecule has 0 spiro atoms. The number of ether oxygens (including phenoxy) is 1. The first-order valence-electron chi connectivity index (χ1n) is 10.0. The number of nitrogens with zero attached hydrogens (tertiary/aromatic N) is 3. The maximum Gasteiger partial charge on any atom is 0.422 e. The molecule has 12 heteroatoms. The largest absolute Gasteiger partial charge is 0.468 e. The molecule has 1 N–H and O–H groups in total. The second kappa shape index (κ2) is 10.2. The second-order valence-electron chi connectivity index (χ2n) is 7.44. The highest BCUT2D eigenvalue weighted by atomic mass is 32.2. The topological polar surface area (TPSA) is 112 Å². The van der Waals surface area contributed by atoms with Crippen molar-refractivity contribution in [3.05, 3.63) is 53.7 Å². The Morgan fingerprint density at radius 3 is 2.48 bits per heavy atom. The van der Waals surface area contributed by atoms with Gasteiger partial charge in [-0.3, -0.25) is 4.79 Å². The van der Waals surface area contributed by atoms with Crippen LogP contribution in [0.15, 0.2) is 47.5 Å². The summed E-state index contributed by atoms with van der Waals surface area (Å²) in [5, 5.41) is 11.6. The first-order valence-corrected chi connectivity index (χ1v) is 11.4. The second-order valence-corrected chi connectivity index (χ2v) is 9.38. The molecular weight excluding hydrogens is 461 g/mol. The van der Waals surface area contributed by atoms with E-state index in [1.54, 1.807) is 6.07 Å². The van der Waals surface area contributed by atoms with E-state index < -0.39 is 22.8 Å². The Hall–Kier alpha value is -3.17. The minimum absolute atomic E-state index is 0.0769. The van der Waals surface area contributed by atoms with Crippen LogP contribution < -0.4 is 10.1 Å². The van der Waals surface area contributed by atoms with Crippen molar-refractivity contribution in [2.45, 2.75) is 30.5 Å². The number of rotatable bonds is 7. The summed E-state index contributed by atoms with van der Waals surface area (Å²) in [4.78, 5) is 16.3. The van der Waals surface area contributed by atoms with Crippen LogP contribution in [-0.2, 0) is 21.4 Å². The zero-order chi connectivity index (χ0) is 24.1. The first-order chi connectivity index (χ1) is 15.6. The van der Waals surface area contributed by atoms with Gasteiger partial charge in [-0.25, -0.2) is 13.4 Å². The molecule has 1 amide bonds. The number of alkyl halides is 3. The van der Waals surface area contributed by atoms with Gasteiger partial charge in [0.25, 0.3) is 0 Å². The lowest BCUT2D eigenvalue weighted by atomic mass is 9.97. The minimum Gasteiger partial charge on any atom is -0.468 e. The van der Waals surface area contributed by atoms with Crippen molar-refractivity contribution in [3.8, 4) is 11.9 Å². The summed E-state index contributed by atoms with van der Waals surface area (Å²) in [6.45, 7) is -1.04. The number of piperidine rings is 1. The van der Waals surface area contributed by atoms with Gasteiger partial charge in [-0.2, -0.15) is 22.7 Å². The molecule has 0 atom stereocenters. The van der Waals surface area contributed by atoms with Gasteiger partial charge in [0.2, 0.25) is 21.8 Å². The standard InChI is InChI=1S/C21H21F3N4O4S/c22-21(23,24)14-32-19-11-16(5-8-26-19)13-27-20(29)17-6-9-28(10-7-17)33(30,31)18-3-1-15(12-25)2-4-18/h1-5,8,11,17H,6-7,9-10,13-14H2,(H,27,29). The lowest BCUT2D eigenvalue weighted by Gasteiger charge is -2.30. The predicted molar refractivity (Wildman–Crippen MR) is 110 cm³/mol. The fourth-order valence-electron chi connectivity index (χ4n) is 3.34. The highest BCUT2D eigenvalue weighted by molar-refractivity contribution is 7.89. The van der Waals surface area contributed by atoms with E-state index >= 15 is 0 Å². The van der Waals surface area contributed by atoms with E-state index in [-0.39, 0.29) is 42.2 Å². The number of nitrogens with one attached hydrogen (secondary N) is 1. The zero-order valence-electron chi connectivity index (χ0n) is 17.4. The maximum absolute atomic E-state index is 12.8. The summed E-state index contributed by atoms with van der Waals surface area (Å²) in [5.41, 5.74) is 0.883. The molecule has 0 unspecified atom stereocenters. The van der Waals surface area contributed by atoms with Crippen molar-refractivity contribution < 1.29 is 31.1 Å². The number of nitriles is 1. The molecule has 1 aliphatic heterocycles. The van der Waals surface area contributed by atoms with Gasteiger partial charge in [-0.05, 0) is 48.7 Å². The normalized spacial score (nSPS) is 15.6. The van der Waals surface area contributed by atoms with Crippen molar-refractivity contribution in [3.63, 3.8) is 0 Å². The van der Waals surface area contributed by atoms with Gasteiger partial charge in [-0.15, -0.1) is 0 Å². The Balaban J connectivity index is 1.51. The van der Waals surface area contributed by atoms with Crippen LogP contribution in [0.1, 0.15) is 24.0 Å². The number of amides is 1. The van der Waals surface area contributed by atoms with Gasteiger partial charge in [0, 0.05) is 37.8 Å². The molecule has 0 aliphatic carbocycles. The third-order valence-electron chi connectivity index (χ3n) is 5.10. The molecule has 2 aromatic rings. The van der Waals surface area contributed by atoms with E-state index in [0.717, 1.165) is 0 Å². The molecule has 1 aromatic heterocycles. The third-order valence-corrected chi connectivity index (χ3v) is 7.01. The molecule has 33 heavy (non-hydrogen) atoms. The van der Waals surface area contributed by atoms with Gasteiger partial charge < -0.3 is 10.1 Å². The number of halogens is 3. The lowest BCUT2D eigenvalue weighted by molar-refractivity contribution is -0.154. The van der Waals surface area contributed by atoms with Gasteiger partial charge >= 0.3 is 6.18 Å². The molecule has 3 rings (SSSR count). The average molecular weight is 482 g/mol. The number of hydrogen-bond donors (Lipinski definition) is 1. The Bertz CT molecular complexity index is 1120. The van der Waals surface area contributed by atoms with Crippen molar-refractivity contribution in [2.24, 2.45) is 5.92 Å². The van der Waals surface area contributed by atoms with Crippen LogP contribution in [0.2, 0.25) is 0 Å². The molecular formula is C21H21F3N4O4S. The molecule has 1 aromatic carbocycles. The van der Waals surface area contributed by atoms with E-state index in [4.69, 9.17) is 5.26 Å². The SMILES string of the molecule is N#Cc1ccc(S(=O)(=O)N2CCC(C(=O)NCc3ccnc(OCC(F)(F)F)c3)CC2)cc1. The van der Waals surface area contributed by atoms with Crippen LogP contribution in [0.25, 0.3) is 0 Å². The number of aromatic nitrogens is 1. The van der Waals surface area contributed by atoms with Gasteiger partial charge in [-0.1, -0.05) is 0 Å². The molecule has 2 heterocycles. The Labute approximate surface area is 189 Å². The van der Waals surface area contributed by atoms with E-state index in [1.165, 1.54) is 40.8 Å². The number of carbonyl (C=O) groups excluding carboxylic acids is 1. The van der Waals surface area contributed by atoms with Crippen LogP contribution in [-0.4, -0.2) is 49.5 Å². The van der Waals surface area contributed by atoms with Gasteiger partial charge in [0.05, 0.1) is 16.5 Å². The smallest absolute Gasteiger partial charge is 0.422 e. The molecule has 176 valence electrons. The van der Waals surface area contributed by atoms with Crippen molar-refractivity contribution in [1.29, 1.82) is 5.26 Å². The third kappa shape index (κ3) is 6.66. The molecule has 1 aliphatic rings. The fraction of sp³-hybridized carbons (Fsp3) is 0.381. The summed E-state index contributed by atoms with van der Waals surface area (Å²) in [6.07, 6.45) is -2.52. The number of carbonyl (C=O) groups is 1. The van der Waals surface area contributed by atoms with E-state index in [1.807, 2.05) is 6.07 Å². The van der Waals surface area contributed by atoms with E-state index in [0.29, 0.717) is 24.0 Å². The van der Waals surface area contributed by atoms with Crippen LogP contribution in [0.5, 0.6) is 5.88 Å². The summed E-state index contributed by atoms with van der Waals surface area (Å²) >= 11 is 0. The number of benzene rings is 1. The zero-order valence-corrected chi connectivity index (χ0v) is 18.2. The van der Waals surface area contributed by atoms with E-state index in [2.05, 4.69) is 15.0 Å². The summed E-state index contributed by atoms with van der Waals surface area (Å²) < 4.78 is 68.3. The van der Waals surface area contributed by atoms with Crippen LogP contribution in [0.3, 0.4) is 0 Å². The molecule has 0 radical (unpaired) electrons. The summed E-state index contributed by atoms with van der Waals surface area (Å²) in [6, 6.07) is 10.4. The monoisotopic (exact) mass is 482 g/mol. The van der Waals surface area contributed by atoms with Crippen molar-refractivity contribution in [1.82, 2.24) is 14.6 Å². The average Bonchev–Trinajstić information content (AvgIpc) is 2.81. The lowest BCUT2D eigenvalue weighted by Crippen LogP contribution is -2.42. The van der Waals surface area contributed by atoms with Gasteiger partial charge in [0.15, 0.2) is 6.61 Å². The summed E-state index contributed by atoms with van der Waals surface area (Å²) in [5.74, 6) is -0.847. The predicted octanol–water partition coefficient (Wildman–Crippen LogP) is 2.61. The fourth-order valence-corrected chi connectivity index (χ4v) is 4.81. The quantitative estimate of drug-likeness (QED) is 0.649. The maximum atomic E-state index is 12.8. The first kappa shape index (κ1) is 24.5. The van der Waals surface area contributed by atoms with Crippen molar-refractivity contribution in [2.75, 3.05) is 19.7 Å². The summed E-state index contributed by atoms with van der Waals surface area (Å²) in [7, 11) is -3.72. The highest BCUT2D eigenvalue weighted by Crippen LogP contribution is 2.24. The molecule has 0 bridgehead atoms. The van der Waals surface area contributed by atoms with Crippen molar-refractivity contribution >= 4 is 15.9 Å². The van der Waals surface area contributed by atoms with Gasteiger partial charge in [0.1, 0.15) is 0 Å². The Morgan fingerprint density at radius 2 is 1.88 bits per heavy atom. The Morgan fingerprint density at radius 1 is 1.21 bits per heavy atom. The highest BCUT2D eigenvalue weighted by Gasteiger charge is 2.32. The molecule has 0 saturated carbocycles. The molecule has 8 nitrogen and oxygen atoms in total. The van der Waals surface area contributed by atoms with Crippen LogP contribution in [0.4, 0.5) is 13.2 Å². The Kier molecular flexibility index (Phi) is 7.55. The van der Waals surface area contributed by atoms with E-state index in [9.17, 15) is 26.4 Å². The number of hydrogen-bond acceptors (Lipinski definition) is 6. The number of pyridine rings is 1. The van der Waals surface area contributed by atoms with Crippen LogP contribution >= 0.6 is 0 Å². The van der Waals surface area contributed by atoms with Crippen LogP contribution in [0, 0.1) is 17.2 Å². The minimum atomic E-state index is -4.48.